The van der Waals surface area contributed by atoms with E-state index < -0.39 is 0 Å². The van der Waals surface area contributed by atoms with Crippen molar-refractivity contribution in [3.05, 3.63) is 107 Å². The maximum atomic E-state index is 13.1. The van der Waals surface area contributed by atoms with Crippen LogP contribution in [-0.4, -0.2) is 11.6 Å². The summed E-state index contributed by atoms with van der Waals surface area (Å²) in [5.41, 5.74) is 5.14. The van der Waals surface area contributed by atoms with Crippen molar-refractivity contribution in [2.24, 2.45) is 5.10 Å². The minimum Gasteiger partial charge on any atom is -0.267 e. The maximum absolute atomic E-state index is 13.1. The summed E-state index contributed by atoms with van der Waals surface area (Å²) in [5.74, 6) is -0.114. The van der Waals surface area contributed by atoms with Crippen LogP contribution < -0.4 is 5.01 Å². The van der Waals surface area contributed by atoms with E-state index in [1.54, 1.807) is 0 Å². The van der Waals surface area contributed by atoms with Crippen LogP contribution in [0.15, 0.2) is 95.6 Å². The molecule has 3 aromatic carbocycles. The van der Waals surface area contributed by atoms with Gasteiger partial charge in [-0.25, -0.2) is 0 Å². The van der Waals surface area contributed by atoms with Gasteiger partial charge in [0, 0.05) is 5.56 Å². The molecular formula is C23H18N2O. The smallest absolute Gasteiger partial charge is 0.267 e. The topological polar surface area (TPSA) is 32.7 Å². The van der Waals surface area contributed by atoms with E-state index in [0.29, 0.717) is 11.3 Å². The number of anilines is 1. The fourth-order valence-electron chi connectivity index (χ4n) is 3.02. The number of carbonyl (C=O) groups excluding carboxylic acids is 1. The third-order valence-corrected chi connectivity index (χ3v) is 4.28. The fourth-order valence-corrected chi connectivity index (χ4v) is 3.02. The van der Waals surface area contributed by atoms with Crippen molar-refractivity contribution >= 4 is 23.4 Å². The van der Waals surface area contributed by atoms with Crippen LogP contribution in [0, 0.1) is 6.92 Å². The van der Waals surface area contributed by atoms with Gasteiger partial charge in [0.1, 0.15) is 5.71 Å². The predicted molar refractivity (Wildman–Crippen MR) is 106 cm³/mol. The van der Waals surface area contributed by atoms with Gasteiger partial charge in [-0.2, -0.15) is 10.1 Å². The van der Waals surface area contributed by atoms with Gasteiger partial charge in [0.2, 0.25) is 0 Å². The molecule has 3 aromatic rings. The Morgan fingerprint density at radius 1 is 0.846 bits per heavy atom. The van der Waals surface area contributed by atoms with Crippen LogP contribution in [0.3, 0.4) is 0 Å². The Kier molecular flexibility index (Phi) is 4.20. The average Bonchev–Trinajstić information content (AvgIpc) is 3.00. The van der Waals surface area contributed by atoms with Crippen molar-refractivity contribution in [2.45, 2.75) is 6.92 Å². The normalized spacial score (nSPS) is 15.4. The monoisotopic (exact) mass is 338 g/mol. The molecule has 126 valence electrons. The van der Waals surface area contributed by atoms with Gasteiger partial charge in [-0.3, -0.25) is 4.79 Å². The van der Waals surface area contributed by atoms with Crippen LogP contribution in [0.5, 0.6) is 0 Å². The Morgan fingerprint density at radius 2 is 1.54 bits per heavy atom. The standard InChI is InChI=1S/C23H18N2O/c1-17-9-8-10-18(15-17)16-21-22(19-11-4-2-5-12-19)24-25(23(21)26)20-13-6-3-7-14-20/h2-16H,1H3/b21-16+. The highest BCUT2D eigenvalue weighted by Gasteiger charge is 2.31. The zero-order chi connectivity index (χ0) is 17.9. The number of benzene rings is 3. The van der Waals surface area contributed by atoms with Gasteiger partial charge in [-0.1, -0.05) is 78.4 Å². The number of amides is 1. The van der Waals surface area contributed by atoms with E-state index in [1.807, 2.05) is 91.9 Å². The van der Waals surface area contributed by atoms with E-state index in [2.05, 4.69) is 11.2 Å². The highest BCUT2D eigenvalue weighted by molar-refractivity contribution is 6.37. The Balaban J connectivity index is 1.83. The third kappa shape index (κ3) is 3.07. The number of hydrogen-bond acceptors (Lipinski definition) is 2. The molecule has 0 radical (unpaired) electrons. The molecule has 0 aliphatic carbocycles. The number of aryl methyl sites for hydroxylation is 1. The second kappa shape index (κ2) is 6.81. The van der Waals surface area contributed by atoms with Crippen molar-refractivity contribution in [1.82, 2.24) is 0 Å². The zero-order valence-electron chi connectivity index (χ0n) is 14.5. The molecule has 0 fully saturated rings. The molecule has 0 spiro atoms. The largest absolute Gasteiger partial charge is 0.281 e. The van der Waals surface area contributed by atoms with E-state index in [4.69, 9.17) is 0 Å². The van der Waals surface area contributed by atoms with Crippen molar-refractivity contribution in [2.75, 3.05) is 5.01 Å². The summed E-state index contributed by atoms with van der Waals surface area (Å²) >= 11 is 0. The van der Waals surface area contributed by atoms with Gasteiger partial charge in [-0.05, 0) is 30.7 Å². The molecule has 0 saturated heterocycles. The van der Waals surface area contributed by atoms with Crippen LogP contribution in [-0.2, 0) is 4.79 Å². The molecule has 1 amide bonds. The van der Waals surface area contributed by atoms with Gasteiger partial charge in [0.25, 0.3) is 5.91 Å². The van der Waals surface area contributed by atoms with Crippen LogP contribution in [0.1, 0.15) is 16.7 Å². The predicted octanol–water partition coefficient (Wildman–Crippen LogP) is 4.83. The maximum Gasteiger partial charge on any atom is 0.281 e. The fraction of sp³-hybridized carbons (Fsp3) is 0.0435. The van der Waals surface area contributed by atoms with Crippen molar-refractivity contribution < 1.29 is 4.79 Å². The number of hydrogen-bond donors (Lipinski definition) is 0. The first-order valence-electron chi connectivity index (χ1n) is 8.55. The minimum absolute atomic E-state index is 0.114. The third-order valence-electron chi connectivity index (χ3n) is 4.28. The summed E-state index contributed by atoms with van der Waals surface area (Å²) < 4.78 is 0. The number of hydrazone groups is 1. The molecule has 0 N–H and O–H groups in total. The summed E-state index contributed by atoms with van der Waals surface area (Å²) in [6, 6.07) is 27.4. The summed E-state index contributed by atoms with van der Waals surface area (Å²) in [6.45, 7) is 2.04. The summed E-state index contributed by atoms with van der Waals surface area (Å²) in [7, 11) is 0. The lowest BCUT2D eigenvalue weighted by atomic mass is 10.00. The first kappa shape index (κ1) is 16.0. The number of carbonyl (C=O) groups is 1. The lowest BCUT2D eigenvalue weighted by Crippen LogP contribution is -2.21. The second-order valence-electron chi connectivity index (χ2n) is 6.24. The lowest BCUT2D eigenvalue weighted by Gasteiger charge is -2.10. The molecule has 0 atom stereocenters. The number of para-hydroxylation sites is 1. The molecular weight excluding hydrogens is 320 g/mol. The molecule has 0 saturated carbocycles. The van der Waals surface area contributed by atoms with Crippen LogP contribution in [0.25, 0.3) is 6.08 Å². The van der Waals surface area contributed by atoms with Gasteiger partial charge >= 0.3 is 0 Å². The average molecular weight is 338 g/mol. The molecule has 0 aromatic heterocycles. The quantitative estimate of drug-likeness (QED) is 0.630. The van der Waals surface area contributed by atoms with Crippen molar-refractivity contribution in [3.63, 3.8) is 0 Å². The lowest BCUT2D eigenvalue weighted by molar-refractivity contribution is -0.114. The first-order valence-corrected chi connectivity index (χ1v) is 8.55. The van der Waals surface area contributed by atoms with Gasteiger partial charge < -0.3 is 0 Å². The molecule has 3 nitrogen and oxygen atoms in total. The molecule has 3 heteroatoms. The van der Waals surface area contributed by atoms with E-state index in [-0.39, 0.29) is 5.91 Å². The molecule has 4 rings (SSSR count). The van der Waals surface area contributed by atoms with Crippen LogP contribution in [0.2, 0.25) is 0 Å². The number of rotatable bonds is 3. The molecule has 1 aliphatic rings. The Hall–Kier alpha value is -3.46. The van der Waals surface area contributed by atoms with Gasteiger partial charge in [-0.15, -0.1) is 0 Å². The van der Waals surface area contributed by atoms with E-state index >= 15 is 0 Å². The highest BCUT2D eigenvalue weighted by Crippen LogP contribution is 2.27. The second-order valence-corrected chi connectivity index (χ2v) is 6.24. The summed E-state index contributed by atoms with van der Waals surface area (Å²) in [5, 5.41) is 6.12. The van der Waals surface area contributed by atoms with Crippen molar-refractivity contribution in [3.8, 4) is 0 Å². The Labute approximate surface area is 152 Å². The van der Waals surface area contributed by atoms with Crippen molar-refractivity contribution in [1.29, 1.82) is 0 Å². The molecule has 26 heavy (non-hydrogen) atoms. The first-order chi connectivity index (χ1) is 12.7. The molecule has 1 heterocycles. The Morgan fingerprint density at radius 3 is 2.23 bits per heavy atom. The summed E-state index contributed by atoms with van der Waals surface area (Å²) in [6.07, 6.45) is 1.92. The highest BCUT2D eigenvalue weighted by atomic mass is 16.2. The van der Waals surface area contributed by atoms with Crippen LogP contribution in [0.4, 0.5) is 5.69 Å². The number of nitrogens with zero attached hydrogens (tertiary/aromatic N) is 2. The van der Waals surface area contributed by atoms with Crippen LogP contribution >= 0.6 is 0 Å². The van der Waals surface area contributed by atoms with E-state index in [1.165, 1.54) is 5.01 Å². The Bertz CT molecular complexity index is 1000. The minimum atomic E-state index is -0.114. The molecule has 0 unspecified atom stereocenters. The van der Waals surface area contributed by atoms with Gasteiger partial charge in [0.15, 0.2) is 0 Å². The van der Waals surface area contributed by atoms with Gasteiger partial charge in [0.05, 0.1) is 11.3 Å². The SMILES string of the molecule is Cc1cccc(/C=C2/C(=O)N(c3ccccc3)N=C2c2ccccc2)c1. The summed E-state index contributed by atoms with van der Waals surface area (Å²) in [4.78, 5) is 13.1. The zero-order valence-corrected chi connectivity index (χ0v) is 14.5. The van der Waals surface area contributed by atoms with E-state index in [9.17, 15) is 4.79 Å². The van der Waals surface area contributed by atoms with E-state index in [0.717, 1.165) is 22.4 Å². The molecule has 1 aliphatic heterocycles. The molecule has 0 bridgehead atoms.